The highest BCUT2D eigenvalue weighted by Gasteiger charge is 2.18. The lowest BCUT2D eigenvalue weighted by atomic mass is 10.1. The molecule has 3 nitrogen and oxygen atoms in total. The van der Waals surface area contributed by atoms with Crippen molar-refractivity contribution >= 4 is 5.69 Å². The minimum absolute atomic E-state index is 0.739. The van der Waals surface area contributed by atoms with E-state index >= 15 is 0 Å². The summed E-state index contributed by atoms with van der Waals surface area (Å²) in [6.45, 7) is 3.94. The maximum Gasteiger partial charge on any atom is 0.101 e. The van der Waals surface area contributed by atoms with Crippen molar-refractivity contribution in [1.29, 1.82) is 5.26 Å². The number of nitrogens with one attached hydrogen (secondary N) is 1. The second-order valence-electron chi connectivity index (χ2n) is 5.51. The van der Waals surface area contributed by atoms with E-state index in [1.807, 2.05) is 25.1 Å². The van der Waals surface area contributed by atoms with Crippen LogP contribution in [0.25, 0.3) is 0 Å². The molecule has 1 aromatic carbocycles. The average Bonchev–Trinajstić information content (AvgIpc) is 2.94. The van der Waals surface area contributed by atoms with Gasteiger partial charge in [0.2, 0.25) is 0 Å². The topological polar surface area (TPSA) is 39.1 Å². The number of anilines is 1. The molecule has 0 aliphatic heterocycles. The van der Waals surface area contributed by atoms with E-state index in [9.17, 15) is 0 Å². The SMILES string of the molecule is Cc1ccc(NCCN(C)C2CCCC2)c(C#N)c1. The van der Waals surface area contributed by atoms with Crippen LogP contribution in [0.15, 0.2) is 18.2 Å². The lowest BCUT2D eigenvalue weighted by molar-refractivity contribution is 0.254. The second kappa shape index (κ2) is 6.58. The van der Waals surface area contributed by atoms with Crippen molar-refractivity contribution in [1.82, 2.24) is 4.90 Å². The van der Waals surface area contributed by atoms with Crippen molar-refractivity contribution in [2.24, 2.45) is 0 Å². The van der Waals surface area contributed by atoms with Crippen molar-refractivity contribution in [3.05, 3.63) is 29.3 Å². The fraction of sp³-hybridized carbons (Fsp3) is 0.562. The molecule has 1 N–H and O–H groups in total. The van der Waals surface area contributed by atoms with Gasteiger partial charge in [0.1, 0.15) is 6.07 Å². The van der Waals surface area contributed by atoms with E-state index in [0.29, 0.717) is 0 Å². The van der Waals surface area contributed by atoms with Gasteiger partial charge in [0.15, 0.2) is 0 Å². The van der Waals surface area contributed by atoms with Crippen LogP contribution >= 0.6 is 0 Å². The highest BCUT2D eigenvalue weighted by Crippen LogP contribution is 2.22. The normalized spacial score (nSPS) is 15.7. The summed E-state index contributed by atoms with van der Waals surface area (Å²) in [6, 6.07) is 9.00. The van der Waals surface area contributed by atoms with Crippen LogP contribution in [0.3, 0.4) is 0 Å². The summed E-state index contributed by atoms with van der Waals surface area (Å²) in [5, 5.41) is 12.5. The van der Waals surface area contributed by atoms with Gasteiger partial charge in [-0.1, -0.05) is 18.9 Å². The molecule has 0 heterocycles. The summed E-state index contributed by atoms with van der Waals surface area (Å²) in [4.78, 5) is 2.44. The molecule has 3 heteroatoms. The van der Waals surface area contributed by atoms with Crippen LogP contribution in [0.1, 0.15) is 36.8 Å². The third-order valence-electron chi connectivity index (χ3n) is 4.02. The number of hydrogen-bond donors (Lipinski definition) is 1. The van der Waals surface area contributed by atoms with Crippen LogP contribution in [0.5, 0.6) is 0 Å². The molecule has 0 spiro atoms. The van der Waals surface area contributed by atoms with E-state index in [-0.39, 0.29) is 0 Å². The van der Waals surface area contributed by atoms with Gasteiger partial charge < -0.3 is 10.2 Å². The van der Waals surface area contributed by atoms with E-state index < -0.39 is 0 Å². The van der Waals surface area contributed by atoms with Crippen molar-refractivity contribution in [3.8, 4) is 6.07 Å². The maximum absolute atomic E-state index is 9.12. The Bertz CT molecular complexity index is 456. The summed E-state index contributed by atoms with van der Waals surface area (Å²) in [6.07, 6.45) is 5.42. The Balaban J connectivity index is 1.84. The molecule has 0 unspecified atom stereocenters. The highest BCUT2D eigenvalue weighted by atomic mass is 15.1. The molecule has 0 aromatic heterocycles. The van der Waals surface area contributed by atoms with Gasteiger partial charge in [0.25, 0.3) is 0 Å². The first-order chi connectivity index (χ1) is 9.20. The predicted molar refractivity (Wildman–Crippen MR) is 79.3 cm³/mol. The molecule has 1 saturated carbocycles. The third kappa shape index (κ3) is 3.71. The molecule has 0 atom stereocenters. The maximum atomic E-state index is 9.12. The molecule has 19 heavy (non-hydrogen) atoms. The molecule has 0 amide bonds. The Morgan fingerprint density at radius 2 is 2.11 bits per heavy atom. The molecule has 1 aromatic rings. The van der Waals surface area contributed by atoms with Crippen LogP contribution in [0.4, 0.5) is 5.69 Å². The smallest absolute Gasteiger partial charge is 0.101 e. The van der Waals surface area contributed by atoms with Gasteiger partial charge >= 0.3 is 0 Å². The lowest BCUT2D eigenvalue weighted by Gasteiger charge is -2.24. The Labute approximate surface area is 116 Å². The average molecular weight is 257 g/mol. The Kier molecular flexibility index (Phi) is 4.81. The fourth-order valence-corrected chi connectivity index (χ4v) is 2.80. The van der Waals surface area contributed by atoms with E-state index in [1.165, 1.54) is 25.7 Å². The standard InChI is InChI=1S/C16H23N3/c1-13-7-8-16(14(11-13)12-17)18-9-10-19(2)15-5-3-4-6-15/h7-8,11,15,18H,3-6,9-10H2,1-2H3. The van der Waals surface area contributed by atoms with Crippen molar-refractivity contribution in [3.63, 3.8) is 0 Å². The predicted octanol–water partition coefficient (Wildman–Crippen LogP) is 3.15. The molecule has 0 bridgehead atoms. The number of hydrogen-bond acceptors (Lipinski definition) is 3. The first kappa shape index (κ1) is 13.9. The minimum atomic E-state index is 0.739. The van der Waals surface area contributed by atoms with Gasteiger partial charge in [-0.05, 0) is 44.5 Å². The first-order valence-electron chi connectivity index (χ1n) is 7.15. The van der Waals surface area contributed by atoms with Crippen LogP contribution in [0, 0.1) is 18.3 Å². The quantitative estimate of drug-likeness (QED) is 0.880. The lowest BCUT2D eigenvalue weighted by Crippen LogP contribution is -2.33. The molecular formula is C16H23N3. The number of likely N-dealkylation sites (N-methyl/N-ethyl adjacent to an activating group) is 1. The van der Waals surface area contributed by atoms with E-state index in [0.717, 1.165) is 35.9 Å². The summed E-state index contributed by atoms with van der Waals surface area (Å²) in [5.74, 6) is 0. The number of nitriles is 1. The van der Waals surface area contributed by atoms with Gasteiger partial charge in [-0.25, -0.2) is 0 Å². The largest absolute Gasteiger partial charge is 0.383 e. The number of nitrogens with zero attached hydrogens (tertiary/aromatic N) is 2. The van der Waals surface area contributed by atoms with Crippen LogP contribution < -0.4 is 5.32 Å². The van der Waals surface area contributed by atoms with Gasteiger partial charge in [0.05, 0.1) is 11.3 Å². The Morgan fingerprint density at radius 3 is 2.79 bits per heavy atom. The van der Waals surface area contributed by atoms with Crippen molar-refractivity contribution < 1.29 is 0 Å². The number of aryl methyl sites for hydroxylation is 1. The van der Waals surface area contributed by atoms with E-state index in [2.05, 4.69) is 23.3 Å². The summed E-state index contributed by atoms with van der Waals surface area (Å²) >= 11 is 0. The zero-order valence-corrected chi connectivity index (χ0v) is 11.9. The van der Waals surface area contributed by atoms with Crippen LogP contribution in [0.2, 0.25) is 0 Å². The fourth-order valence-electron chi connectivity index (χ4n) is 2.80. The third-order valence-corrected chi connectivity index (χ3v) is 4.02. The van der Waals surface area contributed by atoms with Gasteiger partial charge in [0, 0.05) is 19.1 Å². The molecule has 102 valence electrons. The zero-order valence-electron chi connectivity index (χ0n) is 11.9. The number of rotatable bonds is 5. The highest BCUT2D eigenvalue weighted by molar-refractivity contribution is 5.58. The Hall–Kier alpha value is -1.53. The van der Waals surface area contributed by atoms with Gasteiger partial charge in [-0.3, -0.25) is 0 Å². The van der Waals surface area contributed by atoms with E-state index in [4.69, 9.17) is 5.26 Å². The van der Waals surface area contributed by atoms with Crippen molar-refractivity contribution in [2.45, 2.75) is 38.6 Å². The molecule has 1 aliphatic carbocycles. The minimum Gasteiger partial charge on any atom is -0.383 e. The molecular weight excluding hydrogens is 234 g/mol. The summed E-state index contributed by atoms with van der Waals surface area (Å²) < 4.78 is 0. The van der Waals surface area contributed by atoms with Gasteiger partial charge in [-0.2, -0.15) is 5.26 Å². The zero-order chi connectivity index (χ0) is 13.7. The number of benzene rings is 1. The van der Waals surface area contributed by atoms with Crippen LogP contribution in [-0.2, 0) is 0 Å². The molecule has 1 fully saturated rings. The second-order valence-corrected chi connectivity index (χ2v) is 5.51. The molecule has 1 aliphatic rings. The monoisotopic (exact) mass is 257 g/mol. The van der Waals surface area contributed by atoms with Crippen LogP contribution in [-0.4, -0.2) is 31.1 Å². The molecule has 0 radical (unpaired) electrons. The van der Waals surface area contributed by atoms with Gasteiger partial charge in [-0.15, -0.1) is 0 Å². The Morgan fingerprint density at radius 1 is 1.37 bits per heavy atom. The summed E-state index contributed by atoms with van der Waals surface area (Å²) in [7, 11) is 2.21. The summed E-state index contributed by atoms with van der Waals surface area (Å²) in [5.41, 5.74) is 2.82. The molecule has 2 rings (SSSR count). The first-order valence-corrected chi connectivity index (χ1v) is 7.15. The van der Waals surface area contributed by atoms with E-state index in [1.54, 1.807) is 0 Å². The van der Waals surface area contributed by atoms with Crippen molar-refractivity contribution in [2.75, 3.05) is 25.5 Å². The molecule has 0 saturated heterocycles.